The SMILES string of the molecule is C[C@H]1CCCN(c2ncccc2C(=O)N(C)C)C1. The first-order valence-corrected chi connectivity index (χ1v) is 6.51. The second-order valence-corrected chi connectivity index (χ2v) is 5.27. The molecule has 1 fully saturated rings. The van der Waals surface area contributed by atoms with Crippen molar-refractivity contribution in [2.24, 2.45) is 5.92 Å². The molecule has 1 aromatic heterocycles. The van der Waals surface area contributed by atoms with Crippen LogP contribution in [0.15, 0.2) is 18.3 Å². The Morgan fingerprint density at radius 3 is 2.94 bits per heavy atom. The number of pyridine rings is 1. The molecule has 18 heavy (non-hydrogen) atoms. The number of carbonyl (C=O) groups excluding carboxylic acids is 1. The molecule has 1 saturated heterocycles. The first-order valence-electron chi connectivity index (χ1n) is 6.51. The van der Waals surface area contributed by atoms with E-state index in [9.17, 15) is 4.79 Å². The summed E-state index contributed by atoms with van der Waals surface area (Å²) in [7, 11) is 3.55. The lowest BCUT2D eigenvalue weighted by molar-refractivity contribution is 0.0827. The Kier molecular flexibility index (Phi) is 3.84. The molecule has 0 saturated carbocycles. The van der Waals surface area contributed by atoms with Gasteiger partial charge in [-0.2, -0.15) is 0 Å². The monoisotopic (exact) mass is 247 g/mol. The molecule has 0 bridgehead atoms. The van der Waals surface area contributed by atoms with Crippen LogP contribution in [0.3, 0.4) is 0 Å². The third-order valence-corrected chi connectivity index (χ3v) is 3.38. The van der Waals surface area contributed by atoms with Gasteiger partial charge in [0.2, 0.25) is 0 Å². The highest BCUT2D eigenvalue weighted by molar-refractivity contribution is 5.98. The Hall–Kier alpha value is -1.58. The molecule has 0 N–H and O–H groups in total. The van der Waals surface area contributed by atoms with Crippen molar-refractivity contribution in [1.29, 1.82) is 0 Å². The summed E-state index contributed by atoms with van der Waals surface area (Å²) >= 11 is 0. The molecule has 1 aliphatic rings. The number of carbonyl (C=O) groups is 1. The van der Waals surface area contributed by atoms with Crippen molar-refractivity contribution in [3.8, 4) is 0 Å². The van der Waals surface area contributed by atoms with E-state index in [0.29, 0.717) is 11.5 Å². The smallest absolute Gasteiger partial charge is 0.257 e. The predicted molar refractivity (Wildman–Crippen MR) is 72.9 cm³/mol. The molecule has 98 valence electrons. The summed E-state index contributed by atoms with van der Waals surface area (Å²) in [6.45, 7) is 4.24. The van der Waals surface area contributed by atoms with E-state index in [4.69, 9.17) is 0 Å². The highest BCUT2D eigenvalue weighted by Gasteiger charge is 2.22. The van der Waals surface area contributed by atoms with Gasteiger partial charge >= 0.3 is 0 Å². The Morgan fingerprint density at radius 2 is 2.28 bits per heavy atom. The minimum absolute atomic E-state index is 0.0244. The van der Waals surface area contributed by atoms with Gasteiger partial charge < -0.3 is 9.80 Å². The number of hydrogen-bond acceptors (Lipinski definition) is 3. The fraction of sp³-hybridized carbons (Fsp3) is 0.571. The van der Waals surface area contributed by atoms with Crippen LogP contribution in [0.25, 0.3) is 0 Å². The van der Waals surface area contributed by atoms with Gasteiger partial charge in [0.1, 0.15) is 5.82 Å². The summed E-state index contributed by atoms with van der Waals surface area (Å²) < 4.78 is 0. The second kappa shape index (κ2) is 5.38. The Balaban J connectivity index is 2.29. The maximum absolute atomic E-state index is 12.1. The number of rotatable bonds is 2. The first-order chi connectivity index (χ1) is 8.59. The Morgan fingerprint density at radius 1 is 1.50 bits per heavy atom. The molecule has 0 unspecified atom stereocenters. The van der Waals surface area contributed by atoms with E-state index >= 15 is 0 Å². The predicted octanol–water partition coefficient (Wildman–Crippen LogP) is 2.02. The molecule has 2 heterocycles. The van der Waals surface area contributed by atoms with Crippen LogP contribution >= 0.6 is 0 Å². The molecule has 0 aromatic carbocycles. The van der Waals surface area contributed by atoms with Crippen LogP contribution in [0.5, 0.6) is 0 Å². The summed E-state index contributed by atoms with van der Waals surface area (Å²) in [6, 6.07) is 3.69. The summed E-state index contributed by atoms with van der Waals surface area (Å²) in [5, 5.41) is 0. The molecule has 0 spiro atoms. The van der Waals surface area contributed by atoms with E-state index in [1.807, 2.05) is 12.1 Å². The zero-order valence-corrected chi connectivity index (χ0v) is 11.4. The number of piperidine rings is 1. The average molecular weight is 247 g/mol. The number of hydrogen-bond donors (Lipinski definition) is 0. The molecule has 2 rings (SSSR count). The molecule has 1 amide bonds. The quantitative estimate of drug-likeness (QED) is 0.802. The van der Waals surface area contributed by atoms with Crippen molar-refractivity contribution < 1.29 is 4.79 Å². The summed E-state index contributed by atoms with van der Waals surface area (Å²) in [5.41, 5.74) is 0.705. The molecule has 0 aliphatic carbocycles. The van der Waals surface area contributed by atoms with E-state index in [1.165, 1.54) is 12.8 Å². The fourth-order valence-electron chi connectivity index (χ4n) is 2.44. The summed E-state index contributed by atoms with van der Waals surface area (Å²) in [5.74, 6) is 1.53. The normalized spacial score (nSPS) is 19.7. The highest BCUT2D eigenvalue weighted by Crippen LogP contribution is 2.24. The van der Waals surface area contributed by atoms with E-state index in [2.05, 4.69) is 16.8 Å². The van der Waals surface area contributed by atoms with Gasteiger partial charge in [-0.25, -0.2) is 4.98 Å². The zero-order valence-electron chi connectivity index (χ0n) is 11.4. The lowest BCUT2D eigenvalue weighted by atomic mass is 10.00. The van der Waals surface area contributed by atoms with Gasteiger partial charge in [0.25, 0.3) is 5.91 Å². The minimum atomic E-state index is 0.0244. The third-order valence-electron chi connectivity index (χ3n) is 3.38. The Labute approximate surface area is 109 Å². The molecule has 0 radical (unpaired) electrons. The summed E-state index contributed by atoms with van der Waals surface area (Å²) in [4.78, 5) is 20.4. The van der Waals surface area contributed by atoms with Crippen LogP contribution in [0, 0.1) is 5.92 Å². The van der Waals surface area contributed by atoms with Crippen molar-refractivity contribution in [2.75, 3.05) is 32.1 Å². The fourth-order valence-corrected chi connectivity index (χ4v) is 2.44. The second-order valence-electron chi connectivity index (χ2n) is 5.27. The van der Waals surface area contributed by atoms with Crippen LogP contribution in [-0.2, 0) is 0 Å². The molecule has 1 atom stereocenters. The highest BCUT2D eigenvalue weighted by atomic mass is 16.2. The largest absolute Gasteiger partial charge is 0.356 e. The van der Waals surface area contributed by atoms with Crippen LogP contribution < -0.4 is 4.90 Å². The average Bonchev–Trinajstić information content (AvgIpc) is 2.38. The van der Waals surface area contributed by atoms with Crippen LogP contribution in [0.2, 0.25) is 0 Å². The van der Waals surface area contributed by atoms with Crippen molar-refractivity contribution in [3.63, 3.8) is 0 Å². The zero-order chi connectivity index (χ0) is 13.1. The lowest BCUT2D eigenvalue weighted by Gasteiger charge is -2.33. The molecule has 4 nitrogen and oxygen atoms in total. The van der Waals surface area contributed by atoms with Crippen molar-refractivity contribution in [3.05, 3.63) is 23.9 Å². The van der Waals surface area contributed by atoms with Crippen LogP contribution in [0.4, 0.5) is 5.82 Å². The molecule has 1 aliphatic heterocycles. The number of aromatic nitrogens is 1. The van der Waals surface area contributed by atoms with Crippen molar-refractivity contribution in [1.82, 2.24) is 9.88 Å². The standard InChI is InChI=1S/C14H21N3O/c1-11-6-5-9-17(10-11)13-12(7-4-8-15-13)14(18)16(2)3/h4,7-8,11H,5-6,9-10H2,1-3H3/t11-/m0/s1. The van der Waals surface area contributed by atoms with E-state index in [1.54, 1.807) is 25.2 Å². The van der Waals surface area contributed by atoms with Crippen LogP contribution in [-0.4, -0.2) is 43.0 Å². The number of anilines is 1. The van der Waals surface area contributed by atoms with Gasteiger partial charge in [0.15, 0.2) is 0 Å². The van der Waals surface area contributed by atoms with E-state index in [0.717, 1.165) is 18.9 Å². The van der Waals surface area contributed by atoms with Crippen molar-refractivity contribution >= 4 is 11.7 Å². The van der Waals surface area contributed by atoms with Gasteiger partial charge in [-0.1, -0.05) is 6.92 Å². The Bertz CT molecular complexity index is 431. The lowest BCUT2D eigenvalue weighted by Crippen LogP contribution is -2.36. The summed E-state index contributed by atoms with van der Waals surface area (Å²) in [6.07, 6.45) is 4.20. The topological polar surface area (TPSA) is 36.4 Å². The van der Waals surface area contributed by atoms with Gasteiger partial charge in [-0.05, 0) is 30.9 Å². The van der Waals surface area contributed by atoms with Gasteiger partial charge in [0, 0.05) is 33.4 Å². The van der Waals surface area contributed by atoms with E-state index in [-0.39, 0.29) is 5.91 Å². The van der Waals surface area contributed by atoms with Crippen molar-refractivity contribution in [2.45, 2.75) is 19.8 Å². The number of amides is 1. The number of nitrogens with zero attached hydrogens (tertiary/aromatic N) is 3. The molecular weight excluding hydrogens is 226 g/mol. The maximum Gasteiger partial charge on any atom is 0.257 e. The molecule has 1 aromatic rings. The maximum atomic E-state index is 12.1. The van der Waals surface area contributed by atoms with Gasteiger partial charge in [-0.15, -0.1) is 0 Å². The van der Waals surface area contributed by atoms with Gasteiger partial charge in [-0.3, -0.25) is 4.79 Å². The first kappa shape index (κ1) is 12.9. The minimum Gasteiger partial charge on any atom is -0.356 e. The van der Waals surface area contributed by atoms with Gasteiger partial charge in [0.05, 0.1) is 5.56 Å². The molecular formula is C14H21N3O. The van der Waals surface area contributed by atoms with E-state index < -0.39 is 0 Å². The third kappa shape index (κ3) is 2.63. The van der Waals surface area contributed by atoms with Crippen LogP contribution in [0.1, 0.15) is 30.1 Å². The molecule has 4 heteroatoms.